The molecule has 1 N–H and O–H groups in total. The Labute approximate surface area is 182 Å². The van der Waals surface area contributed by atoms with Gasteiger partial charge in [-0.25, -0.2) is 9.37 Å². The van der Waals surface area contributed by atoms with E-state index in [-0.39, 0.29) is 5.82 Å². The highest BCUT2D eigenvalue weighted by molar-refractivity contribution is 5.93. The van der Waals surface area contributed by atoms with E-state index in [1.54, 1.807) is 19.2 Å². The Balaban J connectivity index is 1.48. The lowest BCUT2D eigenvalue weighted by atomic mass is 10.1. The molecule has 0 unspecified atom stereocenters. The molecule has 2 aromatic carbocycles. The van der Waals surface area contributed by atoms with E-state index >= 15 is 0 Å². The molecular weight excluding hydrogens is 393 g/mol. The van der Waals surface area contributed by atoms with Crippen molar-refractivity contribution in [2.24, 2.45) is 0 Å². The molecule has 1 saturated heterocycles. The lowest BCUT2D eigenvalue weighted by molar-refractivity contribution is 0.0378. The van der Waals surface area contributed by atoms with Gasteiger partial charge in [-0.15, -0.1) is 0 Å². The molecule has 0 aliphatic carbocycles. The summed E-state index contributed by atoms with van der Waals surface area (Å²) in [5.41, 5.74) is 3.56. The summed E-state index contributed by atoms with van der Waals surface area (Å²) < 4.78 is 24.5. The number of nitrogens with zero attached hydrogens (tertiary/aromatic N) is 2. The quantitative estimate of drug-likeness (QED) is 0.535. The van der Waals surface area contributed by atoms with Gasteiger partial charge >= 0.3 is 0 Å². The lowest BCUT2D eigenvalue weighted by Crippen LogP contribution is -2.37. The Morgan fingerprint density at radius 2 is 1.90 bits per heavy atom. The zero-order valence-electron chi connectivity index (χ0n) is 17.8. The first-order chi connectivity index (χ1) is 15.2. The Kier molecular flexibility index (Phi) is 7.12. The maximum absolute atomic E-state index is 13.9. The molecule has 1 aliphatic rings. The van der Waals surface area contributed by atoms with Crippen LogP contribution in [0.15, 0.2) is 48.5 Å². The average Bonchev–Trinajstić information content (AvgIpc) is 2.81. The zero-order chi connectivity index (χ0) is 21.5. The second-order valence-corrected chi connectivity index (χ2v) is 7.60. The van der Waals surface area contributed by atoms with E-state index in [2.05, 4.69) is 15.2 Å². The number of anilines is 1. The van der Waals surface area contributed by atoms with Crippen molar-refractivity contribution in [3.63, 3.8) is 0 Å². The molecule has 1 aliphatic heterocycles. The van der Waals surface area contributed by atoms with E-state index in [4.69, 9.17) is 9.47 Å². The predicted octanol–water partition coefficient (Wildman–Crippen LogP) is 4.69. The summed E-state index contributed by atoms with van der Waals surface area (Å²) in [6.07, 6.45) is 5.00. The number of morpholine rings is 1. The van der Waals surface area contributed by atoms with Crippen molar-refractivity contribution >= 4 is 28.7 Å². The molecule has 0 amide bonds. The van der Waals surface area contributed by atoms with Crippen LogP contribution in [-0.2, 0) is 4.74 Å². The first-order valence-corrected chi connectivity index (χ1v) is 10.7. The van der Waals surface area contributed by atoms with Gasteiger partial charge in [-0.3, -0.25) is 4.90 Å². The topological polar surface area (TPSA) is 46.6 Å². The molecule has 5 nitrogen and oxygen atoms in total. The molecule has 0 bridgehead atoms. The van der Waals surface area contributed by atoms with E-state index in [9.17, 15) is 4.39 Å². The van der Waals surface area contributed by atoms with Crippen molar-refractivity contribution in [3.8, 4) is 5.75 Å². The number of rotatable bonds is 8. The van der Waals surface area contributed by atoms with Gasteiger partial charge in [-0.2, -0.15) is 0 Å². The number of benzene rings is 2. The monoisotopic (exact) mass is 421 g/mol. The SMILES string of the molecule is COc1ccc(/C=C/c2cc(NCCCN3CCOCC3)c3cc(F)ccc3n2)cc1. The number of halogens is 1. The number of hydrogen-bond donors (Lipinski definition) is 1. The third-order valence-corrected chi connectivity index (χ3v) is 5.42. The van der Waals surface area contributed by atoms with Crippen LogP contribution in [0.3, 0.4) is 0 Å². The molecular formula is C25H28FN3O2. The van der Waals surface area contributed by atoms with Gasteiger partial charge in [-0.05, 0) is 61.0 Å². The molecule has 0 spiro atoms. The summed E-state index contributed by atoms with van der Waals surface area (Å²) in [6, 6.07) is 14.6. The van der Waals surface area contributed by atoms with Crippen LogP contribution in [-0.4, -0.2) is 56.4 Å². The summed E-state index contributed by atoms with van der Waals surface area (Å²) in [6.45, 7) is 5.44. The van der Waals surface area contributed by atoms with Crippen LogP contribution in [0.4, 0.5) is 10.1 Å². The minimum atomic E-state index is -0.257. The molecule has 162 valence electrons. The number of aromatic nitrogens is 1. The maximum Gasteiger partial charge on any atom is 0.124 e. The van der Waals surface area contributed by atoms with Crippen molar-refractivity contribution in [1.82, 2.24) is 9.88 Å². The van der Waals surface area contributed by atoms with E-state index in [0.717, 1.165) is 79.4 Å². The van der Waals surface area contributed by atoms with Crippen LogP contribution in [0.1, 0.15) is 17.7 Å². The summed E-state index contributed by atoms with van der Waals surface area (Å²) >= 11 is 0. The Morgan fingerprint density at radius 3 is 2.68 bits per heavy atom. The second kappa shape index (κ2) is 10.4. The second-order valence-electron chi connectivity index (χ2n) is 7.60. The fourth-order valence-electron chi connectivity index (χ4n) is 3.70. The minimum absolute atomic E-state index is 0.257. The third kappa shape index (κ3) is 5.81. The van der Waals surface area contributed by atoms with Crippen LogP contribution in [0.2, 0.25) is 0 Å². The highest BCUT2D eigenvalue weighted by Crippen LogP contribution is 2.25. The Hall–Kier alpha value is -2.96. The van der Waals surface area contributed by atoms with Gasteiger partial charge in [0.05, 0.1) is 31.5 Å². The van der Waals surface area contributed by atoms with Gasteiger partial charge in [0.2, 0.25) is 0 Å². The number of methoxy groups -OCH3 is 1. The van der Waals surface area contributed by atoms with E-state index in [0.29, 0.717) is 0 Å². The number of fused-ring (bicyclic) bond motifs is 1. The van der Waals surface area contributed by atoms with Crippen LogP contribution >= 0.6 is 0 Å². The van der Waals surface area contributed by atoms with Crippen LogP contribution in [0.5, 0.6) is 5.75 Å². The number of pyridine rings is 1. The van der Waals surface area contributed by atoms with E-state index in [1.165, 1.54) is 6.07 Å². The summed E-state index contributed by atoms with van der Waals surface area (Å²) in [5, 5.41) is 4.29. The van der Waals surface area contributed by atoms with Crippen molar-refractivity contribution in [1.29, 1.82) is 0 Å². The smallest absolute Gasteiger partial charge is 0.124 e. The molecule has 6 heteroatoms. The molecule has 2 heterocycles. The standard InChI is InChI=1S/C25H28FN3O2/c1-30-22-8-4-19(5-9-22)3-7-21-18-25(23-17-20(26)6-10-24(23)28-21)27-11-2-12-29-13-15-31-16-14-29/h3-10,17-18H,2,11-16H2,1H3,(H,27,28)/b7-3+. The molecule has 0 saturated carbocycles. The summed E-state index contributed by atoms with van der Waals surface area (Å²) in [4.78, 5) is 7.10. The molecule has 0 atom stereocenters. The molecule has 4 rings (SSSR count). The molecule has 1 aromatic heterocycles. The fraction of sp³-hybridized carbons (Fsp3) is 0.320. The molecule has 0 radical (unpaired) electrons. The fourth-order valence-corrected chi connectivity index (χ4v) is 3.70. The minimum Gasteiger partial charge on any atom is -0.497 e. The molecule has 1 fully saturated rings. The average molecular weight is 422 g/mol. The predicted molar refractivity (Wildman–Crippen MR) is 124 cm³/mol. The Bertz CT molecular complexity index is 1030. The Morgan fingerprint density at radius 1 is 1.10 bits per heavy atom. The number of hydrogen-bond acceptors (Lipinski definition) is 5. The van der Waals surface area contributed by atoms with Gasteiger partial charge < -0.3 is 14.8 Å². The van der Waals surface area contributed by atoms with Crippen LogP contribution in [0.25, 0.3) is 23.1 Å². The van der Waals surface area contributed by atoms with Gasteiger partial charge in [-0.1, -0.05) is 18.2 Å². The molecule has 3 aromatic rings. The van der Waals surface area contributed by atoms with Gasteiger partial charge in [0, 0.05) is 30.7 Å². The van der Waals surface area contributed by atoms with Crippen molar-refractivity contribution in [2.45, 2.75) is 6.42 Å². The van der Waals surface area contributed by atoms with Crippen molar-refractivity contribution in [3.05, 3.63) is 65.6 Å². The first-order valence-electron chi connectivity index (χ1n) is 10.7. The lowest BCUT2D eigenvalue weighted by Gasteiger charge is -2.26. The zero-order valence-corrected chi connectivity index (χ0v) is 17.8. The van der Waals surface area contributed by atoms with Crippen LogP contribution < -0.4 is 10.1 Å². The largest absolute Gasteiger partial charge is 0.497 e. The number of nitrogens with one attached hydrogen (secondary N) is 1. The van der Waals surface area contributed by atoms with E-state index < -0.39 is 0 Å². The van der Waals surface area contributed by atoms with Crippen molar-refractivity contribution in [2.75, 3.05) is 51.8 Å². The highest BCUT2D eigenvalue weighted by Gasteiger charge is 2.10. The molecule has 31 heavy (non-hydrogen) atoms. The summed E-state index contributed by atoms with van der Waals surface area (Å²) in [7, 11) is 1.65. The number of ether oxygens (including phenoxy) is 2. The normalized spacial score (nSPS) is 14.9. The summed E-state index contributed by atoms with van der Waals surface area (Å²) in [5.74, 6) is 0.568. The highest BCUT2D eigenvalue weighted by atomic mass is 19.1. The van der Waals surface area contributed by atoms with Gasteiger partial charge in [0.25, 0.3) is 0 Å². The third-order valence-electron chi connectivity index (χ3n) is 5.42. The van der Waals surface area contributed by atoms with Gasteiger partial charge in [0.1, 0.15) is 11.6 Å². The van der Waals surface area contributed by atoms with E-state index in [1.807, 2.05) is 42.5 Å². The maximum atomic E-state index is 13.9. The van der Waals surface area contributed by atoms with Crippen LogP contribution in [0, 0.1) is 5.82 Å². The van der Waals surface area contributed by atoms with Crippen molar-refractivity contribution < 1.29 is 13.9 Å². The van der Waals surface area contributed by atoms with Gasteiger partial charge in [0.15, 0.2) is 0 Å². The first kappa shape index (κ1) is 21.3.